The first-order valence-corrected chi connectivity index (χ1v) is 8.53. The molecule has 2 aromatic heterocycles. The van der Waals surface area contributed by atoms with Crippen LogP contribution in [-0.4, -0.2) is 19.5 Å². The van der Waals surface area contributed by atoms with Crippen molar-refractivity contribution in [3.05, 3.63) is 91.1 Å². The number of nitrogens with one attached hydrogen (secondary N) is 1. The van der Waals surface area contributed by atoms with Crippen LogP contribution < -0.4 is 5.32 Å². The van der Waals surface area contributed by atoms with E-state index < -0.39 is 0 Å². The molecule has 1 atom stereocenters. The molecule has 0 aliphatic rings. The van der Waals surface area contributed by atoms with Crippen LogP contribution in [0.4, 0.5) is 5.82 Å². The Kier molecular flexibility index (Phi) is 4.43. The molecule has 0 fully saturated rings. The Morgan fingerprint density at radius 1 is 0.923 bits per heavy atom. The zero-order chi connectivity index (χ0) is 17.8. The maximum Gasteiger partial charge on any atom is 0.158 e. The number of hydrogen-bond donors (Lipinski definition) is 1. The van der Waals surface area contributed by atoms with Crippen LogP contribution in [0.2, 0.25) is 0 Å². The van der Waals surface area contributed by atoms with Gasteiger partial charge in [0.2, 0.25) is 0 Å². The van der Waals surface area contributed by atoms with Gasteiger partial charge in [0.05, 0.1) is 18.1 Å². The lowest BCUT2D eigenvalue weighted by atomic mass is 10.1. The van der Waals surface area contributed by atoms with Crippen LogP contribution >= 0.6 is 0 Å². The zero-order valence-electron chi connectivity index (χ0n) is 14.4. The van der Waals surface area contributed by atoms with Crippen molar-refractivity contribution < 1.29 is 0 Å². The molecule has 0 radical (unpaired) electrons. The molecule has 4 aromatic rings. The summed E-state index contributed by atoms with van der Waals surface area (Å²) in [5, 5.41) is 3.40. The van der Waals surface area contributed by atoms with Crippen molar-refractivity contribution in [1.29, 1.82) is 0 Å². The number of hydrogen-bond acceptors (Lipinski definition) is 4. The van der Waals surface area contributed by atoms with E-state index in [1.165, 1.54) is 5.56 Å². The predicted molar refractivity (Wildman–Crippen MR) is 103 cm³/mol. The topological polar surface area (TPSA) is 55.6 Å². The third-order valence-electron chi connectivity index (χ3n) is 4.20. The van der Waals surface area contributed by atoms with Gasteiger partial charge >= 0.3 is 0 Å². The lowest BCUT2D eigenvalue weighted by Crippen LogP contribution is -2.09. The normalized spacial score (nSPS) is 11.9. The van der Waals surface area contributed by atoms with Crippen LogP contribution in [0.1, 0.15) is 18.5 Å². The van der Waals surface area contributed by atoms with Crippen LogP contribution in [0.5, 0.6) is 0 Å². The van der Waals surface area contributed by atoms with Crippen LogP contribution in [0, 0.1) is 0 Å². The number of aromatic nitrogens is 4. The van der Waals surface area contributed by atoms with Crippen LogP contribution in [0.15, 0.2) is 85.6 Å². The van der Waals surface area contributed by atoms with Gasteiger partial charge in [-0.3, -0.25) is 9.55 Å². The highest BCUT2D eigenvalue weighted by molar-refractivity contribution is 5.58. The van der Waals surface area contributed by atoms with E-state index in [-0.39, 0.29) is 6.04 Å². The van der Waals surface area contributed by atoms with Crippen LogP contribution in [0.25, 0.3) is 17.1 Å². The van der Waals surface area contributed by atoms with Crippen molar-refractivity contribution in [3.8, 4) is 17.1 Å². The van der Waals surface area contributed by atoms with Crippen molar-refractivity contribution in [2.45, 2.75) is 13.0 Å². The lowest BCUT2D eigenvalue weighted by molar-refractivity contribution is 0.863. The largest absolute Gasteiger partial charge is 0.362 e. The summed E-state index contributed by atoms with van der Waals surface area (Å²) in [6.45, 7) is 2.11. The number of imidazole rings is 1. The van der Waals surface area contributed by atoms with Gasteiger partial charge < -0.3 is 5.32 Å². The Hall–Kier alpha value is -3.47. The standard InChI is InChI=1S/C21H19N5/c1-16(17-8-4-2-5-9-17)24-20-12-22-13-21(25-20)26-14-19(23-15-26)18-10-6-3-7-11-18/h2-16H,1H3,(H,24,25). The first-order chi connectivity index (χ1) is 12.8. The summed E-state index contributed by atoms with van der Waals surface area (Å²) in [5.74, 6) is 1.46. The summed E-state index contributed by atoms with van der Waals surface area (Å²) in [6.07, 6.45) is 7.19. The molecule has 2 heterocycles. The minimum atomic E-state index is 0.142. The predicted octanol–water partition coefficient (Wildman–Crippen LogP) is 4.50. The molecule has 128 valence electrons. The Morgan fingerprint density at radius 3 is 2.42 bits per heavy atom. The van der Waals surface area contributed by atoms with E-state index in [0.29, 0.717) is 0 Å². The van der Waals surface area contributed by atoms with Crippen molar-refractivity contribution in [2.75, 3.05) is 5.32 Å². The molecular formula is C21H19N5. The summed E-state index contributed by atoms with van der Waals surface area (Å²) in [6, 6.07) is 20.5. The minimum absolute atomic E-state index is 0.142. The fraction of sp³-hybridized carbons (Fsp3) is 0.0952. The number of benzene rings is 2. The van der Waals surface area contributed by atoms with E-state index in [0.717, 1.165) is 22.9 Å². The third-order valence-corrected chi connectivity index (χ3v) is 4.20. The zero-order valence-corrected chi connectivity index (χ0v) is 14.4. The first kappa shape index (κ1) is 16.0. The van der Waals surface area contributed by atoms with Gasteiger partial charge in [0.15, 0.2) is 5.82 Å². The van der Waals surface area contributed by atoms with E-state index in [1.807, 2.05) is 59.3 Å². The summed E-state index contributed by atoms with van der Waals surface area (Å²) in [7, 11) is 0. The second-order valence-electron chi connectivity index (χ2n) is 6.07. The molecule has 2 aromatic carbocycles. The van der Waals surface area contributed by atoms with Gasteiger partial charge in [0, 0.05) is 17.8 Å². The van der Waals surface area contributed by atoms with E-state index in [9.17, 15) is 0 Å². The molecule has 1 unspecified atom stereocenters. The summed E-state index contributed by atoms with van der Waals surface area (Å²) in [4.78, 5) is 13.5. The summed E-state index contributed by atoms with van der Waals surface area (Å²) < 4.78 is 1.88. The molecule has 26 heavy (non-hydrogen) atoms. The van der Waals surface area contributed by atoms with E-state index in [2.05, 4.69) is 39.3 Å². The first-order valence-electron chi connectivity index (χ1n) is 8.53. The van der Waals surface area contributed by atoms with Crippen LogP contribution in [-0.2, 0) is 0 Å². The minimum Gasteiger partial charge on any atom is -0.362 e. The van der Waals surface area contributed by atoms with Crippen molar-refractivity contribution in [1.82, 2.24) is 19.5 Å². The Bertz CT molecular complexity index is 979. The van der Waals surface area contributed by atoms with Gasteiger partial charge in [-0.05, 0) is 12.5 Å². The van der Waals surface area contributed by atoms with E-state index >= 15 is 0 Å². The Labute approximate surface area is 152 Å². The molecule has 1 N–H and O–H groups in total. The molecular weight excluding hydrogens is 322 g/mol. The van der Waals surface area contributed by atoms with Crippen molar-refractivity contribution in [3.63, 3.8) is 0 Å². The molecule has 0 aliphatic heterocycles. The van der Waals surface area contributed by atoms with Gasteiger partial charge in [-0.2, -0.15) is 0 Å². The fourth-order valence-corrected chi connectivity index (χ4v) is 2.80. The van der Waals surface area contributed by atoms with Gasteiger partial charge in [0.25, 0.3) is 0 Å². The van der Waals surface area contributed by atoms with Gasteiger partial charge in [-0.15, -0.1) is 0 Å². The molecule has 5 nitrogen and oxygen atoms in total. The maximum atomic E-state index is 4.66. The maximum absolute atomic E-state index is 4.66. The highest BCUT2D eigenvalue weighted by atomic mass is 15.1. The lowest BCUT2D eigenvalue weighted by Gasteiger charge is -2.15. The molecule has 0 saturated carbocycles. The number of anilines is 1. The molecule has 0 spiro atoms. The molecule has 0 bridgehead atoms. The van der Waals surface area contributed by atoms with Gasteiger partial charge in [-0.25, -0.2) is 9.97 Å². The molecule has 5 heteroatoms. The Balaban J connectivity index is 1.56. The van der Waals surface area contributed by atoms with Crippen LogP contribution in [0.3, 0.4) is 0 Å². The molecule has 4 rings (SSSR count). The molecule has 0 aliphatic carbocycles. The SMILES string of the molecule is CC(Nc1cncc(-n2cnc(-c3ccccc3)c2)n1)c1ccccc1. The van der Waals surface area contributed by atoms with E-state index in [1.54, 1.807) is 18.7 Å². The second kappa shape index (κ2) is 7.19. The summed E-state index contributed by atoms with van der Waals surface area (Å²) >= 11 is 0. The number of rotatable bonds is 5. The quantitative estimate of drug-likeness (QED) is 0.580. The highest BCUT2D eigenvalue weighted by Crippen LogP contribution is 2.20. The average molecular weight is 341 g/mol. The second-order valence-corrected chi connectivity index (χ2v) is 6.07. The smallest absolute Gasteiger partial charge is 0.158 e. The summed E-state index contributed by atoms with van der Waals surface area (Å²) in [5.41, 5.74) is 3.18. The number of nitrogens with zero attached hydrogens (tertiary/aromatic N) is 4. The molecule has 0 amide bonds. The van der Waals surface area contributed by atoms with Crippen molar-refractivity contribution >= 4 is 5.82 Å². The van der Waals surface area contributed by atoms with Gasteiger partial charge in [0.1, 0.15) is 12.1 Å². The highest BCUT2D eigenvalue weighted by Gasteiger charge is 2.08. The van der Waals surface area contributed by atoms with Crippen molar-refractivity contribution in [2.24, 2.45) is 0 Å². The van der Waals surface area contributed by atoms with Gasteiger partial charge in [-0.1, -0.05) is 60.7 Å². The monoisotopic (exact) mass is 341 g/mol. The fourth-order valence-electron chi connectivity index (χ4n) is 2.80. The Morgan fingerprint density at radius 2 is 1.65 bits per heavy atom. The van der Waals surface area contributed by atoms with E-state index in [4.69, 9.17) is 0 Å². The third kappa shape index (κ3) is 3.47. The average Bonchev–Trinajstić information content (AvgIpc) is 3.20. The molecule has 0 saturated heterocycles.